The molecular weight excluding hydrogens is 256 g/mol. The molecule has 1 aromatic rings. The number of carboxylic acid groups (broad SMARTS) is 1. The summed E-state index contributed by atoms with van der Waals surface area (Å²) in [7, 11) is 0. The maximum Gasteiger partial charge on any atom is 0.335 e. The number of rotatable bonds is 5. The molecule has 2 bridgehead atoms. The van der Waals surface area contributed by atoms with Crippen LogP contribution in [0.4, 0.5) is 0 Å². The number of benzene rings is 1. The van der Waals surface area contributed by atoms with Crippen molar-refractivity contribution in [3.8, 4) is 0 Å². The van der Waals surface area contributed by atoms with Crippen LogP contribution in [0.2, 0.25) is 0 Å². The van der Waals surface area contributed by atoms with E-state index in [0.717, 1.165) is 37.5 Å². The van der Waals surface area contributed by atoms with Crippen molar-refractivity contribution < 1.29 is 19.4 Å². The number of aryl methyl sites for hydroxylation is 1. The van der Waals surface area contributed by atoms with Crippen LogP contribution in [0.1, 0.15) is 35.2 Å². The molecule has 0 amide bonds. The van der Waals surface area contributed by atoms with Crippen LogP contribution in [0.25, 0.3) is 0 Å². The summed E-state index contributed by atoms with van der Waals surface area (Å²) in [5, 5.41) is 8.86. The fourth-order valence-electron chi connectivity index (χ4n) is 3.53. The van der Waals surface area contributed by atoms with Crippen LogP contribution in [0.3, 0.4) is 0 Å². The number of aldehydes is 1. The van der Waals surface area contributed by atoms with Crippen molar-refractivity contribution in [3.05, 3.63) is 35.4 Å². The summed E-state index contributed by atoms with van der Waals surface area (Å²) in [6, 6.07) is 6.97. The monoisotopic (exact) mass is 274 g/mol. The Morgan fingerprint density at radius 2 is 1.95 bits per heavy atom. The van der Waals surface area contributed by atoms with Crippen molar-refractivity contribution in [2.45, 2.75) is 37.9 Å². The predicted molar refractivity (Wildman–Crippen MR) is 72.7 cm³/mol. The van der Waals surface area contributed by atoms with Gasteiger partial charge in [0, 0.05) is 5.92 Å². The zero-order valence-corrected chi connectivity index (χ0v) is 11.2. The van der Waals surface area contributed by atoms with E-state index in [9.17, 15) is 9.59 Å². The Kier molecular flexibility index (Phi) is 3.57. The van der Waals surface area contributed by atoms with Gasteiger partial charge in [-0.25, -0.2) is 4.79 Å². The lowest BCUT2D eigenvalue weighted by Gasteiger charge is -2.23. The van der Waals surface area contributed by atoms with E-state index < -0.39 is 5.97 Å². The van der Waals surface area contributed by atoms with Gasteiger partial charge < -0.3 is 14.6 Å². The van der Waals surface area contributed by atoms with Crippen LogP contribution >= 0.6 is 0 Å². The summed E-state index contributed by atoms with van der Waals surface area (Å²) in [6.07, 6.45) is 5.31. The van der Waals surface area contributed by atoms with Crippen molar-refractivity contribution in [1.82, 2.24) is 0 Å². The van der Waals surface area contributed by atoms with Gasteiger partial charge in [0.1, 0.15) is 6.29 Å². The molecule has 2 aliphatic rings. The average Bonchev–Trinajstić information content (AvgIpc) is 3.05. The van der Waals surface area contributed by atoms with E-state index in [2.05, 4.69) is 0 Å². The fourth-order valence-corrected chi connectivity index (χ4v) is 3.53. The molecule has 1 aromatic carbocycles. The van der Waals surface area contributed by atoms with Crippen molar-refractivity contribution >= 4 is 12.3 Å². The topological polar surface area (TPSA) is 63.6 Å². The second kappa shape index (κ2) is 5.37. The maximum atomic E-state index is 11.2. The van der Waals surface area contributed by atoms with Crippen molar-refractivity contribution in [1.29, 1.82) is 0 Å². The van der Waals surface area contributed by atoms with E-state index in [1.54, 1.807) is 12.1 Å². The van der Waals surface area contributed by atoms with Crippen LogP contribution in [0, 0.1) is 11.8 Å². The number of hydrogen-bond acceptors (Lipinski definition) is 3. The number of carboxylic acids is 1. The SMILES string of the molecule is O=C[C@@H]1[C@@H](CCc2ccc(C(=O)O)cc2)[C@H]2CC[C@@H]1O2. The third-order valence-corrected chi connectivity index (χ3v) is 4.61. The molecule has 3 rings (SSSR count). The predicted octanol–water partition coefficient (Wildman–Crippen LogP) is 2.31. The highest BCUT2D eigenvalue weighted by Gasteiger charge is 2.48. The van der Waals surface area contributed by atoms with Gasteiger partial charge in [0.05, 0.1) is 17.8 Å². The lowest BCUT2D eigenvalue weighted by atomic mass is 9.77. The molecular formula is C16H18O4. The normalized spacial score (nSPS) is 31.4. The highest BCUT2D eigenvalue weighted by Crippen LogP contribution is 2.44. The van der Waals surface area contributed by atoms with E-state index in [1.807, 2.05) is 12.1 Å². The molecule has 2 saturated heterocycles. The zero-order chi connectivity index (χ0) is 14.1. The Morgan fingerprint density at radius 1 is 1.25 bits per heavy atom. The van der Waals surface area contributed by atoms with Gasteiger partial charge in [0.25, 0.3) is 0 Å². The number of aromatic carboxylic acids is 1. The summed E-state index contributed by atoms with van der Waals surface area (Å²) in [4.78, 5) is 22.0. The Labute approximate surface area is 117 Å². The van der Waals surface area contributed by atoms with E-state index in [0.29, 0.717) is 11.5 Å². The van der Waals surface area contributed by atoms with Gasteiger partial charge in [0.15, 0.2) is 0 Å². The largest absolute Gasteiger partial charge is 0.478 e. The first-order valence-electron chi connectivity index (χ1n) is 7.12. The number of carbonyl (C=O) groups is 2. The Bertz CT molecular complexity index is 508. The molecule has 106 valence electrons. The third-order valence-electron chi connectivity index (χ3n) is 4.61. The summed E-state index contributed by atoms with van der Waals surface area (Å²) in [6.45, 7) is 0. The quantitative estimate of drug-likeness (QED) is 0.837. The summed E-state index contributed by atoms with van der Waals surface area (Å²) >= 11 is 0. The second-order valence-corrected chi connectivity index (χ2v) is 5.71. The smallest absolute Gasteiger partial charge is 0.335 e. The molecule has 0 aromatic heterocycles. The third kappa shape index (κ3) is 2.36. The van der Waals surface area contributed by atoms with E-state index in [4.69, 9.17) is 9.84 Å². The Balaban J connectivity index is 1.61. The standard InChI is InChI=1S/C16H18O4/c17-9-13-12(14-7-8-15(13)20-14)6-3-10-1-4-11(5-2-10)16(18)19/h1-2,4-5,9,12-15H,3,6-8H2,(H,18,19)/t12-,13-,14-,15+/m1/s1. The van der Waals surface area contributed by atoms with Crippen LogP contribution in [-0.2, 0) is 16.0 Å². The molecule has 2 aliphatic heterocycles. The molecule has 1 N–H and O–H groups in total. The summed E-state index contributed by atoms with van der Waals surface area (Å²) < 4.78 is 5.82. The first kappa shape index (κ1) is 13.3. The number of fused-ring (bicyclic) bond motifs is 2. The van der Waals surface area contributed by atoms with E-state index in [-0.39, 0.29) is 18.1 Å². The van der Waals surface area contributed by atoms with Gasteiger partial charge in [-0.2, -0.15) is 0 Å². The van der Waals surface area contributed by atoms with Crippen molar-refractivity contribution in [2.24, 2.45) is 11.8 Å². The minimum absolute atomic E-state index is 0.0482. The van der Waals surface area contributed by atoms with Gasteiger partial charge >= 0.3 is 5.97 Å². The molecule has 4 atom stereocenters. The molecule has 4 nitrogen and oxygen atoms in total. The molecule has 0 aliphatic carbocycles. The number of ether oxygens (including phenoxy) is 1. The fraction of sp³-hybridized carbons (Fsp3) is 0.500. The highest BCUT2D eigenvalue weighted by atomic mass is 16.5. The minimum Gasteiger partial charge on any atom is -0.478 e. The minimum atomic E-state index is -0.904. The molecule has 4 heteroatoms. The Morgan fingerprint density at radius 3 is 2.60 bits per heavy atom. The summed E-state index contributed by atoms with van der Waals surface area (Å²) in [5.74, 6) is -0.531. The van der Waals surface area contributed by atoms with Gasteiger partial charge in [-0.3, -0.25) is 0 Å². The first-order valence-corrected chi connectivity index (χ1v) is 7.12. The highest BCUT2D eigenvalue weighted by molar-refractivity contribution is 5.87. The molecule has 20 heavy (non-hydrogen) atoms. The van der Waals surface area contributed by atoms with Crippen LogP contribution < -0.4 is 0 Å². The van der Waals surface area contributed by atoms with Crippen molar-refractivity contribution in [3.63, 3.8) is 0 Å². The number of hydrogen-bond donors (Lipinski definition) is 1. The molecule has 0 spiro atoms. The molecule has 0 unspecified atom stereocenters. The van der Waals surface area contributed by atoms with Crippen molar-refractivity contribution in [2.75, 3.05) is 0 Å². The van der Waals surface area contributed by atoms with E-state index >= 15 is 0 Å². The van der Waals surface area contributed by atoms with Gasteiger partial charge in [-0.05, 0) is 49.3 Å². The van der Waals surface area contributed by atoms with Gasteiger partial charge in [-0.15, -0.1) is 0 Å². The van der Waals surface area contributed by atoms with Crippen LogP contribution in [-0.4, -0.2) is 29.6 Å². The Hall–Kier alpha value is -1.68. The molecule has 2 heterocycles. The van der Waals surface area contributed by atoms with E-state index in [1.165, 1.54) is 0 Å². The lowest BCUT2D eigenvalue weighted by Crippen LogP contribution is -2.28. The van der Waals surface area contributed by atoms with Gasteiger partial charge in [-0.1, -0.05) is 12.1 Å². The first-order chi connectivity index (χ1) is 9.69. The van der Waals surface area contributed by atoms with Crippen LogP contribution in [0.5, 0.6) is 0 Å². The van der Waals surface area contributed by atoms with Gasteiger partial charge in [0.2, 0.25) is 0 Å². The maximum absolute atomic E-state index is 11.2. The average molecular weight is 274 g/mol. The van der Waals surface area contributed by atoms with Crippen LogP contribution in [0.15, 0.2) is 24.3 Å². The zero-order valence-electron chi connectivity index (χ0n) is 11.2. The second-order valence-electron chi connectivity index (χ2n) is 5.71. The summed E-state index contributed by atoms with van der Waals surface area (Å²) in [5.41, 5.74) is 1.42. The molecule has 2 fully saturated rings. The lowest BCUT2D eigenvalue weighted by molar-refractivity contribution is -0.113. The number of carbonyl (C=O) groups excluding carboxylic acids is 1. The molecule has 0 radical (unpaired) electrons. The molecule has 0 saturated carbocycles.